The molecule has 19 heavy (non-hydrogen) atoms. The summed E-state index contributed by atoms with van der Waals surface area (Å²) in [5.74, 6) is -0.912. The Morgan fingerprint density at radius 1 is 1.05 bits per heavy atom. The Morgan fingerprint density at radius 3 is 2.32 bits per heavy atom. The molecule has 0 aliphatic heterocycles. The average molecular weight is 255 g/mol. The van der Waals surface area contributed by atoms with Crippen molar-refractivity contribution in [1.29, 1.82) is 0 Å². The van der Waals surface area contributed by atoms with Gasteiger partial charge in [-0.1, -0.05) is 30.3 Å². The van der Waals surface area contributed by atoms with E-state index in [2.05, 4.69) is 31.3 Å². The molecule has 0 aliphatic carbocycles. The number of carbonyl (C=O) groups is 1. The van der Waals surface area contributed by atoms with Gasteiger partial charge >= 0.3 is 5.97 Å². The van der Waals surface area contributed by atoms with Crippen molar-refractivity contribution in [3.8, 4) is 0 Å². The van der Waals surface area contributed by atoms with Gasteiger partial charge in [0.1, 0.15) is 0 Å². The summed E-state index contributed by atoms with van der Waals surface area (Å²) in [5, 5.41) is 12.3. The Balaban J connectivity index is 2.22. The lowest BCUT2D eigenvalue weighted by molar-refractivity contribution is 0.0698. The van der Waals surface area contributed by atoms with Crippen LogP contribution in [0.4, 0.5) is 5.69 Å². The van der Waals surface area contributed by atoms with Gasteiger partial charge < -0.3 is 10.4 Å². The summed E-state index contributed by atoms with van der Waals surface area (Å²) < 4.78 is 0. The summed E-state index contributed by atoms with van der Waals surface area (Å²) in [6.07, 6.45) is 0. The fourth-order valence-corrected chi connectivity index (χ4v) is 2.14. The maximum atomic E-state index is 11.1. The molecule has 0 amide bonds. The Hall–Kier alpha value is -2.29. The van der Waals surface area contributed by atoms with E-state index in [1.54, 1.807) is 18.2 Å². The minimum atomic E-state index is -0.912. The fourth-order valence-electron chi connectivity index (χ4n) is 2.14. The van der Waals surface area contributed by atoms with Crippen LogP contribution in [0.5, 0.6) is 0 Å². The van der Waals surface area contributed by atoms with Crippen molar-refractivity contribution < 1.29 is 9.90 Å². The summed E-state index contributed by atoms with van der Waals surface area (Å²) in [4.78, 5) is 11.1. The van der Waals surface area contributed by atoms with Gasteiger partial charge in [0.15, 0.2) is 0 Å². The molecular formula is C16H17NO2. The van der Waals surface area contributed by atoms with E-state index in [1.165, 1.54) is 16.7 Å². The number of benzene rings is 2. The molecule has 0 unspecified atom stereocenters. The summed E-state index contributed by atoms with van der Waals surface area (Å²) in [6.45, 7) is 4.75. The number of nitrogens with one attached hydrogen (secondary N) is 1. The highest BCUT2D eigenvalue weighted by Crippen LogP contribution is 2.19. The molecule has 3 nitrogen and oxygen atoms in total. The van der Waals surface area contributed by atoms with Gasteiger partial charge in [-0.05, 0) is 42.7 Å². The molecule has 0 saturated heterocycles. The maximum Gasteiger partial charge on any atom is 0.337 e. The standard InChI is InChI=1S/C16H17NO2/c1-11-6-5-7-12(2)14(11)10-17-15-9-4-3-8-13(15)16(18)19/h3-9,17H,10H2,1-2H3,(H,18,19). The summed E-state index contributed by atoms with van der Waals surface area (Å²) in [5.41, 5.74) is 4.58. The van der Waals surface area contributed by atoms with E-state index in [-0.39, 0.29) is 0 Å². The first-order valence-electron chi connectivity index (χ1n) is 6.21. The summed E-state index contributed by atoms with van der Waals surface area (Å²) in [6, 6.07) is 13.1. The van der Waals surface area contributed by atoms with Crippen LogP contribution < -0.4 is 5.32 Å². The smallest absolute Gasteiger partial charge is 0.337 e. The zero-order valence-electron chi connectivity index (χ0n) is 11.1. The second kappa shape index (κ2) is 5.57. The van der Waals surface area contributed by atoms with Gasteiger partial charge in [0.25, 0.3) is 0 Å². The van der Waals surface area contributed by atoms with Gasteiger partial charge in [0, 0.05) is 12.2 Å². The van der Waals surface area contributed by atoms with Gasteiger partial charge in [0.05, 0.1) is 5.56 Å². The molecule has 0 aliphatic rings. The first-order chi connectivity index (χ1) is 9.09. The molecule has 0 atom stereocenters. The minimum absolute atomic E-state index is 0.300. The van der Waals surface area contributed by atoms with Crippen molar-refractivity contribution in [3.63, 3.8) is 0 Å². The van der Waals surface area contributed by atoms with Crippen molar-refractivity contribution in [3.05, 3.63) is 64.7 Å². The lowest BCUT2D eigenvalue weighted by Crippen LogP contribution is -2.08. The van der Waals surface area contributed by atoms with Gasteiger partial charge in [-0.15, -0.1) is 0 Å². The molecular weight excluding hydrogens is 238 g/mol. The van der Waals surface area contributed by atoms with Crippen molar-refractivity contribution >= 4 is 11.7 Å². The van der Waals surface area contributed by atoms with Gasteiger partial charge in [-0.3, -0.25) is 0 Å². The average Bonchev–Trinajstić information content (AvgIpc) is 2.38. The van der Waals surface area contributed by atoms with Gasteiger partial charge in [0.2, 0.25) is 0 Å². The van der Waals surface area contributed by atoms with E-state index in [4.69, 9.17) is 5.11 Å². The van der Waals surface area contributed by atoms with Crippen LogP contribution in [0.2, 0.25) is 0 Å². The summed E-state index contributed by atoms with van der Waals surface area (Å²) in [7, 11) is 0. The van der Waals surface area contributed by atoms with E-state index in [0.29, 0.717) is 17.8 Å². The molecule has 0 fully saturated rings. The first-order valence-corrected chi connectivity index (χ1v) is 6.21. The molecule has 0 heterocycles. The van der Waals surface area contributed by atoms with Crippen LogP contribution >= 0.6 is 0 Å². The van der Waals surface area contributed by atoms with Crippen LogP contribution in [-0.2, 0) is 6.54 Å². The lowest BCUT2D eigenvalue weighted by Gasteiger charge is -2.13. The number of carboxylic acids is 1. The first kappa shape index (κ1) is 13.1. The molecule has 2 rings (SSSR count). The SMILES string of the molecule is Cc1cccc(C)c1CNc1ccccc1C(=O)O. The van der Waals surface area contributed by atoms with Gasteiger partial charge in [-0.25, -0.2) is 4.79 Å². The van der Waals surface area contributed by atoms with Crippen LogP contribution in [0.1, 0.15) is 27.0 Å². The molecule has 0 bridgehead atoms. The predicted molar refractivity (Wildman–Crippen MR) is 76.6 cm³/mol. The Morgan fingerprint density at radius 2 is 1.68 bits per heavy atom. The molecule has 98 valence electrons. The molecule has 2 aromatic rings. The van der Waals surface area contributed by atoms with E-state index in [9.17, 15) is 4.79 Å². The Labute approximate surface area is 112 Å². The molecule has 2 N–H and O–H groups in total. The van der Waals surface area contributed by atoms with Crippen LogP contribution in [0.3, 0.4) is 0 Å². The number of aromatic carboxylic acids is 1. The highest BCUT2D eigenvalue weighted by molar-refractivity contribution is 5.94. The zero-order valence-corrected chi connectivity index (χ0v) is 11.1. The molecule has 0 aromatic heterocycles. The Bertz CT molecular complexity index is 585. The third-order valence-electron chi connectivity index (χ3n) is 3.26. The van der Waals surface area contributed by atoms with E-state index in [1.807, 2.05) is 12.1 Å². The van der Waals surface area contributed by atoms with Crippen molar-refractivity contribution in [2.24, 2.45) is 0 Å². The highest BCUT2D eigenvalue weighted by Gasteiger charge is 2.09. The fraction of sp³-hybridized carbons (Fsp3) is 0.188. The molecule has 2 aromatic carbocycles. The molecule has 0 spiro atoms. The van der Waals surface area contributed by atoms with Crippen LogP contribution in [0, 0.1) is 13.8 Å². The quantitative estimate of drug-likeness (QED) is 0.877. The van der Waals surface area contributed by atoms with Crippen molar-refractivity contribution in [1.82, 2.24) is 0 Å². The number of anilines is 1. The maximum absolute atomic E-state index is 11.1. The van der Waals surface area contributed by atoms with Crippen LogP contribution in [-0.4, -0.2) is 11.1 Å². The number of para-hydroxylation sites is 1. The summed E-state index contributed by atoms with van der Waals surface area (Å²) >= 11 is 0. The third kappa shape index (κ3) is 2.94. The number of aryl methyl sites for hydroxylation is 2. The Kier molecular flexibility index (Phi) is 3.85. The zero-order chi connectivity index (χ0) is 13.8. The van der Waals surface area contributed by atoms with Crippen LogP contribution in [0.25, 0.3) is 0 Å². The molecule has 3 heteroatoms. The second-order valence-electron chi connectivity index (χ2n) is 4.57. The number of hydrogen-bond acceptors (Lipinski definition) is 2. The minimum Gasteiger partial charge on any atom is -0.478 e. The van der Waals surface area contributed by atoms with Crippen molar-refractivity contribution in [2.75, 3.05) is 5.32 Å². The molecule has 0 saturated carbocycles. The largest absolute Gasteiger partial charge is 0.478 e. The second-order valence-corrected chi connectivity index (χ2v) is 4.57. The van der Waals surface area contributed by atoms with E-state index >= 15 is 0 Å². The van der Waals surface area contributed by atoms with Crippen LogP contribution in [0.15, 0.2) is 42.5 Å². The number of carboxylic acid groups (broad SMARTS) is 1. The normalized spacial score (nSPS) is 10.2. The third-order valence-corrected chi connectivity index (χ3v) is 3.26. The number of hydrogen-bond donors (Lipinski definition) is 2. The predicted octanol–water partition coefficient (Wildman–Crippen LogP) is 3.61. The van der Waals surface area contributed by atoms with E-state index < -0.39 is 5.97 Å². The lowest BCUT2D eigenvalue weighted by atomic mass is 10.0. The van der Waals surface area contributed by atoms with E-state index in [0.717, 1.165) is 0 Å². The highest BCUT2D eigenvalue weighted by atomic mass is 16.4. The topological polar surface area (TPSA) is 49.3 Å². The van der Waals surface area contributed by atoms with Crippen molar-refractivity contribution in [2.45, 2.75) is 20.4 Å². The number of rotatable bonds is 4. The van der Waals surface area contributed by atoms with Gasteiger partial charge in [-0.2, -0.15) is 0 Å². The molecule has 0 radical (unpaired) electrons. The monoisotopic (exact) mass is 255 g/mol.